The molecule has 168 valence electrons. The van der Waals surface area contributed by atoms with E-state index in [1.54, 1.807) is 30.2 Å². The summed E-state index contributed by atoms with van der Waals surface area (Å²) in [4.78, 5) is 46.1. The molecular formula is C24H24N6O3. The Hall–Kier alpha value is -4.40. The highest BCUT2D eigenvalue weighted by molar-refractivity contribution is 6.02. The van der Waals surface area contributed by atoms with Crippen molar-refractivity contribution in [3.8, 4) is 0 Å². The molecule has 0 radical (unpaired) electrons. The molecule has 2 aromatic carbocycles. The Morgan fingerprint density at radius 1 is 1.09 bits per heavy atom. The number of rotatable bonds is 7. The first kappa shape index (κ1) is 21.8. The number of nitrogens with two attached hydrogens (primary N) is 1. The molecule has 4 aromatic rings. The highest BCUT2D eigenvalue weighted by Gasteiger charge is 2.20. The second kappa shape index (κ2) is 9.39. The molecule has 0 atom stereocenters. The molecule has 4 N–H and O–H groups in total. The third kappa shape index (κ3) is 4.62. The monoisotopic (exact) mass is 444 g/mol. The summed E-state index contributed by atoms with van der Waals surface area (Å²) in [6, 6.07) is 18.4. The predicted octanol–water partition coefficient (Wildman–Crippen LogP) is 2.18. The van der Waals surface area contributed by atoms with Crippen molar-refractivity contribution >= 4 is 34.0 Å². The number of H-pyrrole nitrogens is 1. The summed E-state index contributed by atoms with van der Waals surface area (Å²) in [7, 11) is 0. The SMILES string of the molecule is CCN(CC(=O)Nc1cccc2ncccc12)c1c(N)n(Cc2ccccc2)c(=O)[nH]c1=O. The minimum absolute atomic E-state index is 0.0108. The molecule has 0 aliphatic carbocycles. The molecule has 4 rings (SSSR count). The number of anilines is 3. The molecule has 1 amide bonds. The number of nitrogens with zero attached hydrogens (tertiary/aromatic N) is 3. The summed E-state index contributed by atoms with van der Waals surface area (Å²) in [6.45, 7) is 2.22. The number of amides is 1. The van der Waals surface area contributed by atoms with E-state index in [9.17, 15) is 14.4 Å². The van der Waals surface area contributed by atoms with Crippen molar-refractivity contribution in [2.24, 2.45) is 0 Å². The minimum atomic E-state index is -0.633. The van der Waals surface area contributed by atoms with Crippen LogP contribution in [0.25, 0.3) is 10.9 Å². The van der Waals surface area contributed by atoms with E-state index in [1.807, 2.05) is 48.5 Å². The van der Waals surface area contributed by atoms with Gasteiger partial charge < -0.3 is 16.0 Å². The number of aromatic nitrogens is 3. The largest absolute Gasteiger partial charge is 0.383 e. The van der Waals surface area contributed by atoms with E-state index < -0.39 is 11.2 Å². The highest BCUT2D eigenvalue weighted by Crippen LogP contribution is 2.22. The first-order valence-corrected chi connectivity index (χ1v) is 10.5. The second-order valence-electron chi connectivity index (χ2n) is 7.50. The molecule has 0 aliphatic rings. The van der Waals surface area contributed by atoms with Crippen LogP contribution in [0.3, 0.4) is 0 Å². The Bertz CT molecular complexity index is 1410. The first-order valence-electron chi connectivity index (χ1n) is 10.5. The molecule has 9 heteroatoms. The van der Waals surface area contributed by atoms with E-state index in [0.717, 1.165) is 16.5 Å². The average Bonchev–Trinajstić information content (AvgIpc) is 2.82. The van der Waals surface area contributed by atoms with Gasteiger partial charge in [-0.15, -0.1) is 0 Å². The van der Waals surface area contributed by atoms with Crippen molar-refractivity contribution in [3.63, 3.8) is 0 Å². The standard InChI is InChI=1S/C24H24N6O3/c1-2-29(15-20(31)27-19-12-6-11-18-17(19)10-7-13-26-18)21-22(25)30(24(33)28-23(21)32)14-16-8-4-3-5-9-16/h3-13H,2,14-15,25H2,1H3,(H,27,31)(H,28,32,33). The lowest BCUT2D eigenvalue weighted by atomic mass is 10.2. The number of carbonyl (C=O) groups excluding carboxylic acids is 1. The number of benzene rings is 2. The van der Waals surface area contributed by atoms with Crippen LogP contribution in [0.4, 0.5) is 17.2 Å². The summed E-state index contributed by atoms with van der Waals surface area (Å²) in [5.41, 5.74) is 7.36. The van der Waals surface area contributed by atoms with E-state index in [4.69, 9.17) is 5.73 Å². The van der Waals surface area contributed by atoms with Crippen LogP contribution in [-0.2, 0) is 11.3 Å². The Labute approximate surface area is 189 Å². The molecule has 2 aromatic heterocycles. The molecule has 0 aliphatic heterocycles. The lowest BCUT2D eigenvalue weighted by Gasteiger charge is -2.24. The van der Waals surface area contributed by atoms with Crippen LogP contribution in [0.2, 0.25) is 0 Å². The van der Waals surface area contributed by atoms with Crippen LogP contribution < -0.4 is 27.2 Å². The van der Waals surface area contributed by atoms with E-state index in [0.29, 0.717) is 12.2 Å². The van der Waals surface area contributed by atoms with Crippen LogP contribution in [0.5, 0.6) is 0 Å². The second-order valence-corrected chi connectivity index (χ2v) is 7.50. The third-order valence-electron chi connectivity index (χ3n) is 5.35. The van der Waals surface area contributed by atoms with Gasteiger partial charge in [-0.05, 0) is 36.8 Å². The maximum Gasteiger partial charge on any atom is 0.330 e. The van der Waals surface area contributed by atoms with Gasteiger partial charge in [-0.25, -0.2) is 4.79 Å². The van der Waals surface area contributed by atoms with Gasteiger partial charge in [0.25, 0.3) is 5.56 Å². The number of pyridine rings is 1. The van der Waals surface area contributed by atoms with Gasteiger partial charge in [0.05, 0.1) is 24.3 Å². The molecule has 0 spiro atoms. The minimum Gasteiger partial charge on any atom is -0.383 e. The van der Waals surface area contributed by atoms with Crippen LogP contribution in [0.15, 0.2) is 76.4 Å². The Kier molecular flexibility index (Phi) is 6.21. The van der Waals surface area contributed by atoms with Gasteiger partial charge in [0.15, 0.2) is 0 Å². The molecule has 0 bridgehead atoms. The Morgan fingerprint density at radius 2 is 1.88 bits per heavy atom. The molecule has 0 saturated carbocycles. The highest BCUT2D eigenvalue weighted by atomic mass is 16.2. The van der Waals surface area contributed by atoms with Crippen LogP contribution in [0, 0.1) is 0 Å². The summed E-state index contributed by atoms with van der Waals surface area (Å²) in [6.07, 6.45) is 1.69. The van der Waals surface area contributed by atoms with Crippen molar-refractivity contribution in [3.05, 3.63) is 93.3 Å². The van der Waals surface area contributed by atoms with Crippen molar-refractivity contribution in [2.75, 3.05) is 29.0 Å². The normalized spacial score (nSPS) is 10.8. The summed E-state index contributed by atoms with van der Waals surface area (Å²) >= 11 is 0. The van der Waals surface area contributed by atoms with Crippen LogP contribution in [-0.4, -0.2) is 33.5 Å². The topological polar surface area (TPSA) is 126 Å². The van der Waals surface area contributed by atoms with Gasteiger partial charge in [-0.3, -0.25) is 24.1 Å². The predicted molar refractivity (Wildman–Crippen MR) is 130 cm³/mol. The van der Waals surface area contributed by atoms with Crippen LogP contribution in [0.1, 0.15) is 12.5 Å². The summed E-state index contributed by atoms with van der Waals surface area (Å²) in [5, 5.41) is 3.69. The van der Waals surface area contributed by atoms with Gasteiger partial charge in [-0.2, -0.15) is 0 Å². The molecule has 0 unspecified atom stereocenters. The van der Waals surface area contributed by atoms with Gasteiger partial charge in [0.1, 0.15) is 11.5 Å². The smallest absolute Gasteiger partial charge is 0.330 e. The van der Waals surface area contributed by atoms with Crippen molar-refractivity contribution in [1.82, 2.24) is 14.5 Å². The maximum atomic E-state index is 12.9. The fourth-order valence-corrected chi connectivity index (χ4v) is 3.73. The average molecular weight is 444 g/mol. The number of nitrogen functional groups attached to an aromatic ring is 1. The lowest BCUT2D eigenvalue weighted by molar-refractivity contribution is -0.115. The van der Waals surface area contributed by atoms with Crippen molar-refractivity contribution in [1.29, 1.82) is 0 Å². The van der Waals surface area contributed by atoms with Gasteiger partial charge in [0.2, 0.25) is 5.91 Å². The fraction of sp³-hybridized carbons (Fsp3) is 0.167. The molecular weight excluding hydrogens is 420 g/mol. The summed E-state index contributed by atoms with van der Waals surface area (Å²) in [5.74, 6) is -0.315. The molecule has 0 fully saturated rings. The molecule has 0 saturated heterocycles. The van der Waals surface area contributed by atoms with E-state index >= 15 is 0 Å². The van der Waals surface area contributed by atoms with E-state index in [-0.39, 0.29) is 30.5 Å². The van der Waals surface area contributed by atoms with Gasteiger partial charge in [0, 0.05) is 18.1 Å². The number of carbonyl (C=O) groups is 1. The van der Waals surface area contributed by atoms with Gasteiger partial charge >= 0.3 is 5.69 Å². The Balaban J connectivity index is 1.62. The van der Waals surface area contributed by atoms with E-state index in [1.165, 1.54) is 4.57 Å². The first-order chi connectivity index (χ1) is 16.0. The third-order valence-corrected chi connectivity index (χ3v) is 5.35. The number of fused-ring (bicyclic) bond motifs is 1. The summed E-state index contributed by atoms with van der Waals surface area (Å²) < 4.78 is 1.29. The zero-order valence-corrected chi connectivity index (χ0v) is 18.1. The van der Waals surface area contributed by atoms with Crippen molar-refractivity contribution < 1.29 is 4.79 Å². The quantitative estimate of drug-likeness (QED) is 0.401. The molecule has 2 heterocycles. The lowest BCUT2D eigenvalue weighted by Crippen LogP contribution is -2.41. The van der Waals surface area contributed by atoms with E-state index in [2.05, 4.69) is 15.3 Å². The number of nitrogens with one attached hydrogen (secondary N) is 2. The fourth-order valence-electron chi connectivity index (χ4n) is 3.73. The zero-order valence-electron chi connectivity index (χ0n) is 18.1. The molecule has 9 nitrogen and oxygen atoms in total. The number of aromatic amines is 1. The Morgan fingerprint density at radius 3 is 2.64 bits per heavy atom. The maximum absolute atomic E-state index is 12.9. The van der Waals surface area contributed by atoms with Gasteiger partial charge in [-0.1, -0.05) is 36.4 Å². The van der Waals surface area contributed by atoms with Crippen LogP contribution >= 0.6 is 0 Å². The number of hydrogen-bond donors (Lipinski definition) is 3. The van der Waals surface area contributed by atoms with Crippen molar-refractivity contribution in [2.45, 2.75) is 13.5 Å². The molecule has 33 heavy (non-hydrogen) atoms. The zero-order chi connectivity index (χ0) is 23.4. The number of likely N-dealkylation sites (N-methyl/N-ethyl adjacent to an activating group) is 1. The number of hydrogen-bond acceptors (Lipinski definition) is 6.